The number of nitrogens with one attached hydrogen (secondary N) is 1. The van der Waals surface area contributed by atoms with Gasteiger partial charge in [-0.05, 0) is 48.5 Å². The van der Waals surface area contributed by atoms with Gasteiger partial charge in [0.15, 0.2) is 0 Å². The molecule has 4 aromatic rings. The highest BCUT2D eigenvalue weighted by Gasteiger charge is 2.38. The summed E-state index contributed by atoms with van der Waals surface area (Å²) in [5.41, 5.74) is -1.21. The van der Waals surface area contributed by atoms with Crippen molar-refractivity contribution >= 4 is 17.3 Å². The number of alkyl halides is 3. The summed E-state index contributed by atoms with van der Waals surface area (Å²) in [7, 11) is 1.51. The Morgan fingerprint density at radius 2 is 1.74 bits per heavy atom. The van der Waals surface area contributed by atoms with Crippen molar-refractivity contribution < 1.29 is 27.6 Å². The number of nitro groups is 1. The van der Waals surface area contributed by atoms with Crippen molar-refractivity contribution in [1.29, 1.82) is 0 Å². The number of ether oxygens (including phenoxy) is 1. The van der Waals surface area contributed by atoms with Gasteiger partial charge in [0, 0.05) is 23.5 Å². The molecule has 0 saturated carbocycles. The number of carbonyl (C=O) groups excluding carboxylic acids is 1. The maximum Gasteiger partial charge on any atom is 0.423 e. The van der Waals surface area contributed by atoms with Gasteiger partial charge in [-0.2, -0.15) is 18.3 Å². The van der Waals surface area contributed by atoms with E-state index in [4.69, 9.17) is 4.74 Å². The van der Waals surface area contributed by atoms with Gasteiger partial charge in [-0.3, -0.25) is 14.9 Å². The van der Waals surface area contributed by atoms with E-state index in [1.807, 2.05) is 6.07 Å². The number of hydrogen-bond acceptors (Lipinski definition) is 5. The zero-order valence-electron chi connectivity index (χ0n) is 18.1. The molecule has 0 aliphatic rings. The highest BCUT2D eigenvalue weighted by atomic mass is 19.4. The number of nitrogens with zero attached hydrogens (tertiary/aromatic N) is 3. The van der Waals surface area contributed by atoms with Crippen LogP contribution in [0.4, 0.5) is 24.5 Å². The molecule has 178 valence electrons. The van der Waals surface area contributed by atoms with E-state index in [0.29, 0.717) is 29.1 Å². The second kappa shape index (κ2) is 9.29. The normalized spacial score (nSPS) is 11.2. The number of rotatable bonds is 6. The maximum atomic E-state index is 13.3. The van der Waals surface area contributed by atoms with Gasteiger partial charge in [0.1, 0.15) is 17.0 Å². The predicted octanol–water partition coefficient (Wildman–Crippen LogP) is 5.73. The largest absolute Gasteiger partial charge is 0.497 e. The number of methoxy groups -OCH3 is 1. The number of hydrogen-bond donors (Lipinski definition) is 1. The van der Waals surface area contributed by atoms with Crippen LogP contribution in [-0.2, 0) is 6.18 Å². The summed E-state index contributed by atoms with van der Waals surface area (Å²) >= 11 is 0. The van der Waals surface area contributed by atoms with Crippen LogP contribution in [0, 0.1) is 10.1 Å². The molecular weight excluding hydrogens is 465 g/mol. The number of amides is 1. The van der Waals surface area contributed by atoms with Gasteiger partial charge in [-0.25, -0.2) is 4.68 Å². The summed E-state index contributed by atoms with van der Waals surface area (Å²) in [4.78, 5) is 23.0. The van der Waals surface area contributed by atoms with Crippen molar-refractivity contribution in [2.24, 2.45) is 0 Å². The predicted molar refractivity (Wildman–Crippen MR) is 122 cm³/mol. The van der Waals surface area contributed by atoms with Crippen LogP contribution < -0.4 is 10.1 Å². The van der Waals surface area contributed by atoms with Crippen molar-refractivity contribution in [3.05, 3.63) is 100 Å². The fourth-order valence-electron chi connectivity index (χ4n) is 3.41. The average Bonchev–Trinajstić information content (AvgIpc) is 3.30. The summed E-state index contributed by atoms with van der Waals surface area (Å²) < 4.78 is 46.7. The highest BCUT2D eigenvalue weighted by molar-refractivity contribution is 6.08. The molecule has 1 amide bonds. The Kier molecular flexibility index (Phi) is 6.24. The molecule has 0 bridgehead atoms. The zero-order valence-corrected chi connectivity index (χ0v) is 18.1. The van der Waals surface area contributed by atoms with E-state index in [9.17, 15) is 28.1 Å². The molecule has 0 unspecified atom stereocenters. The van der Waals surface area contributed by atoms with E-state index in [1.54, 1.807) is 48.5 Å². The van der Waals surface area contributed by atoms with Gasteiger partial charge >= 0.3 is 6.18 Å². The average molecular weight is 482 g/mol. The quantitative estimate of drug-likeness (QED) is 0.280. The number of benzene rings is 3. The molecule has 1 N–H and O–H groups in total. The number of aromatic nitrogens is 2. The summed E-state index contributed by atoms with van der Waals surface area (Å²) in [6.07, 6.45) is -3.52. The fraction of sp³-hybridized carbons (Fsp3) is 0.0833. The Labute approximate surface area is 196 Å². The van der Waals surface area contributed by atoms with Crippen LogP contribution in [-0.4, -0.2) is 27.7 Å². The minimum atomic E-state index is -4.98. The van der Waals surface area contributed by atoms with Crippen molar-refractivity contribution in [1.82, 2.24) is 9.78 Å². The maximum absolute atomic E-state index is 13.3. The molecule has 0 saturated heterocycles. The second-order valence-electron chi connectivity index (χ2n) is 7.34. The molecule has 0 radical (unpaired) electrons. The van der Waals surface area contributed by atoms with Gasteiger partial charge in [-0.15, -0.1) is 0 Å². The van der Waals surface area contributed by atoms with Crippen LogP contribution in [0.25, 0.3) is 16.9 Å². The highest BCUT2D eigenvalue weighted by Crippen LogP contribution is 2.38. The lowest BCUT2D eigenvalue weighted by molar-refractivity contribution is -0.388. The van der Waals surface area contributed by atoms with Gasteiger partial charge in [0.05, 0.1) is 23.3 Å². The summed E-state index contributed by atoms with van der Waals surface area (Å²) in [5.74, 6) is -0.146. The Morgan fingerprint density at radius 1 is 1.06 bits per heavy atom. The summed E-state index contributed by atoms with van der Waals surface area (Å²) in [6.45, 7) is 0. The first kappa shape index (κ1) is 23.5. The Balaban J connectivity index is 1.75. The van der Waals surface area contributed by atoms with E-state index in [0.717, 1.165) is 6.07 Å². The third-order valence-corrected chi connectivity index (χ3v) is 5.10. The molecule has 4 rings (SSSR count). The summed E-state index contributed by atoms with van der Waals surface area (Å²) in [5, 5.41) is 17.9. The Hall–Kier alpha value is -4.67. The van der Waals surface area contributed by atoms with Gasteiger partial charge in [-0.1, -0.05) is 18.2 Å². The molecule has 0 atom stereocenters. The number of anilines is 1. The van der Waals surface area contributed by atoms with E-state index >= 15 is 0 Å². The van der Waals surface area contributed by atoms with Crippen LogP contribution in [0.2, 0.25) is 0 Å². The number of nitro benzene ring substituents is 1. The lowest BCUT2D eigenvalue weighted by atomic mass is 10.1. The molecule has 0 aliphatic carbocycles. The van der Waals surface area contributed by atoms with E-state index < -0.39 is 28.3 Å². The molecule has 8 nitrogen and oxygen atoms in total. The van der Waals surface area contributed by atoms with Gasteiger partial charge < -0.3 is 10.1 Å². The second-order valence-corrected chi connectivity index (χ2v) is 7.34. The minimum Gasteiger partial charge on any atom is -0.497 e. The SMILES string of the molecule is COc1ccc(-c2nn(-c3ccccc3)cc2C(=O)Nc2ccc([N+](=O)[O-])c(C(F)(F)F)c2)cc1. The van der Waals surface area contributed by atoms with Crippen LogP contribution >= 0.6 is 0 Å². The monoisotopic (exact) mass is 482 g/mol. The van der Waals surface area contributed by atoms with Crippen LogP contribution in [0.1, 0.15) is 15.9 Å². The first-order chi connectivity index (χ1) is 16.7. The minimum absolute atomic E-state index is 0.0888. The van der Waals surface area contributed by atoms with Gasteiger partial charge in [0.25, 0.3) is 11.6 Å². The lowest BCUT2D eigenvalue weighted by Crippen LogP contribution is -2.14. The molecule has 3 aromatic carbocycles. The van der Waals surface area contributed by atoms with Crippen molar-refractivity contribution in [2.75, 3.05) is 12.4 Å². The standard InChI is InChI=1S/C24H17F3N4O4/c1-35-18-10-7-15(8-11-18)22-19(14-30(29-22)17-5-3-2-4-6-17)23(32)28-16-9-12-21(31(33)34)20(13-16)24(25,26)27/h2-14H,1H3,(H,28,32). The molecule has 1 aromatic heterocycles. The molecule has 0 aliphatic heterocycles. The van der Waals surface area contributed by atoms with Crippen LogP contribution in [0.15, 0.2) is 79.0 Å². The van der Waals surface area contributed by atoms with Crippen molar-refractivity contribution in [2.45, 2.75) is 6.18 Å². The van der Waals surface area contributed by atoms with Crippen molar-refractivity contribution in [3.63, 3.8) is 0 Å². The molecular formula is C24H17F3N4O4. The molecule has 35 heavy (non-hydrogen) atoms. The molecule has 0 spiro atoms. The third-order valence-electron chi connectivity index (χ3n) is 5.10. The Bertz CT molecular complexity index is 1380. The topological polar surface area (TPSA) is 99.3 Å². The van der Waals surface area contributed by atoms with Crippen molar-refractivity contribution in [3.8, 4) is 22.7 Å². The number of carbonyl (C=O) groups is 1. The van der Waals surface area contributed by atoms with E-state index in [2.05, 4.69) is 10.4 Å². The van der Waals surface area contributed by atoms with Gasteiger partial charge in [0.2, 0.25) is 0 Å². The number of para-hydroxylation sites is 1. The molecule has 11 heteroatoms. The van der Waals surface area contributed by atoms with Crippen LogP contribution in [0.5, 0.6) is 5.75 Å². The van der Waals surface area contributed by atoms with E-state index in [1.165, 1.54) is 18.0 Å². The summed E-state index contributed by atoms with van der Waals surface area (Å²) in [6, 6.07) is 18.0. The van der Waals surface area contributed by atoms with E-state index in [-0.39, 0.29) is 16.9 Å². The first-order valence-electron chi connectivity index (χ1n) is 10.1. The smallest absolute Gasteiger partial charge is 0.423 e. The third kappa shape index (κ3) is 4.98. The lowest BCUT2D eigenvalue weighted by Gasteiger charge is -2.11. The van der Waals surface area contributed by atoms with Crippen LogP contribution in [0.3, 0.4) is 0 Å². The number of halogens is 3. The fourth-order valence-corrected chi connectivity index (χ4v) is 3.41. The first-order valence-corrected chi connectivity index (χ1v) is 10.1. The zero-order chi connectivity index (χ0) is 25.2. The molecule has 0 fully saturated rings. The molecule has 1 heterocycles. The Morgan fingerprint density at radius 3 is 2.34 bits per heavy atom.